The molecule has 0 aliphatic carbocycles. The van der Waals surface area contributed by atoms with E-state index in [4.69, 9.17) is 9.47 Å². The highest BCUT2D eigenvalue weighted by Gasteiger charge is 2.48. The van der Waals surface area contributed by atoms with Gasteiger partial charge in [0.15, 0.2) is 45.7 Å². The van der Waals surface area contributed by atoms with Crippen molar-refractivity contribution >= 4 is 0 Å². The van der Waals surface area contributed by atoms with Gasteiger partial charge in [-0.1, -0.05) is 63.2 Å². The third-order valence-electron chi connectivity index (χ3n) is 14.6. The number of ether oxygens (including phenoxy) is 2. The van der Waals surface area contributed by atoms with Crippen molar-refractivity contribution in [3.05, 3.63) is 203 Å². The van der Waals surface area contributed by atoms with E-state index in [0.717, 1.165) is 90.3 Å². The van der Waals surface area contributed by atoms with E-state index in [1.165, 1.54) is 16.7 Å². The Hall–Kier alpha value is -7.46. The monoisotopic (exact) mass is 902 g/mol. The lowest BCUT2D eigenvalue weighted by molar-refractivity contribution is -0.670. The second-order valence-electron chi connectivity index (χ2n) is 21.1. The van der Waals surface area contributed by atoms with Gasteiger partial charge in [0.2, 0.25) is 25.3 Å². The minimum absolute atomic E-state index is 0.213. The molecule has 4 aromatic heterocycles. The molecule has 0 N–H and O–H groups in total. The fourth-order valence-corrected chi connectivity index (χ4v) is 10.8. The summed E-state index contributed by atoms with van der Waals surface area (Å²) in [5.41, 5.74) is 15.2. The van der Waals surface area contributed by atoms with E-state index in [2.05, 4.69) is 269 Å². The van der Waals surface area contributed by atoms with E-state index in [0.29, 0.717) is 0 Å². The number of aromatic nitrogens is 8. The highest BCUT2D eigenvalue weighted by atomic mass is 16.5. The summed E-state index contributed by atoms with van der Waals surface area (Å²) in [4.78, 5) is 0. The first-order chi connectivity index (χ1) is 32.3. The fourth-order valence-electron chi connectivity index (χ4n) is 10.8. The fraction of sp³-hybridized carbons (Fsp3) is 0.276. The maximum atomic E-state index is 7.41. The molecule has 0 fully saturated rings. The van der Waals surface area contributed by atoms with Crippen LogP contribution in [0, 0.1) is 27.7 Å². The summed E-state index contributed by atoms with van der Waals surface area (Å²) in [7, 11) is 8.24. The maximum absolute atomic E-state index is 7.41. The zero-order valence-corrected chi connectivity index (χ0v) is 41.7. The molecule has 0 unspecified atom stereocenters. The lowest BCUT2D eigenvalue weighted by Crippen LogP contribution is -2.34. The number of nitrogens with zero attached hydrogens (tertiary/aromatic N) is 8. The normalized spacial score (nSPS) is 14.4. The molecule has 10 nitrogen and oxygen atoms in total. The minimum atomic E-state index is -0.687. The van der Waals surface area contributed by atoms with Crippen molar-refractivity contribution in [3.8, 4) is 45.7 Å². The molecule has 68 heavy (non-hydrogen) atoms. The van der Waals surface area contributed by atoms with Crippen molar-refractivity contribution in [2.45, 2.75) is 78.6 Å². The predicted octanol–water partition coefficient (Wildman–Crippen LogP) is 9.60. The molecule has 9 aromatic rings. The SMILES string of the molecule is Cc1cc(-n2cc[n+](C)c2)c2c(c1)C(C)(c1cc(C(C)(C)C)cc(C3(C)c4cc(C)cc(-n5cc[n+](C)c5)c4Oc4c(-n5cc[n+](C)c5)cc(C)cc43)c1)c1cc(C)cc(-n3cc[n+](C)c3)c1O2. The van der Waals surface area contributed by atoms with Crippen LogP contribution in [0.4, 0.5) is 0 Å². The molecule has 0 bridgehead atoms. The lowest BCUT2D eigenvalue weighted by Gasteiger charge is -2.42. The van der Waals surface area contributed by atoms with E-state index in [1.807, 2.05) is 0 Å². The molecular weight excluding hydrogens is 841 g/mol. The van der Waals surface area contributed by atoms with Gasteiger partial charge in [-0.25, -0.2) is 18.3 Å². The Balaban J connectivity index is 1.26. The maximum Gasteiger partial charge on any atom is 0.248 e. The first-order valence-electron chi connectivity index (χ1n) is 23.6. The summed E-state index contributed by atoms with van der Waals surface area (Å²) in [6.45, 7) is 20.7. The number of fused-ring (bicyclic) bond motifs is 4. The van der Waals surface area contributed by atoms with Gasteiger partial charge in [-0.2, -0.15) is 18.3 Å². The summed E-state index contributed by atoms with van der Waals surface area (Å²) in [5, 5.41) is 0. The first-order valence-corrected chi connectivity index (χ1v) is 23.6. The van der Waals surface area contributed by atoms with Crippen LogP contribution >= 0.6 is 0 Å². The topological polar surface area (TPSA) is 53.7 Å². The van der Waals surface area contributed by atoms with Crippen molar-refractivity contribution < 1.29 is 27.7 Å². The van der Waals surface area contributed by atoms with Crippen LogP contribution in [-0.4, -0.2) is 18.3 Å². The Morgan fingerprint density at radius 3 is 0.882 bits per heavy atom. The van der Waals surface area contributed by atoms with Gasteiger partial charge in [0.25, 0.3) is 0 Å². The van der Waals surface area contributed by atoms with E-state index >= 15 is 0 Å². The molecule has 11 rings (SSSR count). The van der Waals surface area contributed by atoms with E-state index < -0.39 is 10.8 Å². The first kappa shape index (κ1) is 43.1. The van der Waals surface area contributed by atoms with E-state index in [-0.39, 0.29) is 5.41 Å². The standard InChI is InChI=1S/C58H62N8O2/c1-37-22-44-52(48(26-37)63-18-14-59(10)33-63)67-53-45(23-38(2)27-49(53)64-19-15-60(11)34-64)57(44,8)42-30-41(56(5,6)7)31-43(32-42)58(9)46-24-39(3)28-50(65-20-16-61(12)35-65)54(46)68-55-47(58)25-40(4)29-51(55)66-21-17-62(13)36-66/h14-36H,1-13H3/q+4. The molecule has 0 saturated heterocycles. The van der Waals surface area contributed by atoms with E-state index in [1.54, 1.807) is 0 Å². The second kappa shape index (κ2) is 15.0. The van der Waals surface area contributed by atoms with Crippen LogP contribution in [0.1, 0.15) is 95.8 Å². The third-order valence-corrected chi connectivity index (χ3v) is 14.6. The van der Waals surface area contributed by atoms with Crippen LogP contribution in [0.2, 0.25) is 0 Å². The van der Waals surface area contributed by atoms with Gasteiger partial charge in [-0.3, -0.25) is 0 Å². The Morgan fingerprint density at radius 2 is 0.662 bits per heavy atom. The zero-order valence-electron chi connectivity index (χ0n) is 41.7. The van der Waals surface area contributed by atoms with Crippen molar-refractivity contribution in [2.75, 3.05) is 0 Å². The Morgan fingerprint density at radius 1 is 0.397 bits per heavy atom. The number of rotatable bonds is 6. The summed E-state index contributed by atoms with van der Waals surface area (Å²) in [6, 6.07) is 25.9. The molecule has 10 heteroatoms. The largest absolute Gasteiger partial charge is 0.448 e. The quantitative estimate of drug-likeness (QED) is 0.156. The van der Waals surface area contributed by atoms with Gasteiger partial charge in [0, 0.05) is 22.3 Å². The van der Waals surface area contributed by atoms with Crippen molar-refractivity contribution in [2.24, 2.45) is 28.2 Å². The second-order valence-corrected chi connectivity index (χ2v) is 21.1. The molecule has 5 aromatic carbocycles. The van der Waals surface area contributed by atoms with Crippen LogP contribution in [-0.2, 0) is 44.4 Å². The van der Waals surface area contributed by atoms with Gasteiger partial charge in [0.1, 0.15) is 49.6 Å². The summed E-state index contributed by atoms with van der Waals surface area (Å²) in [5.74, 6) is 3.39. The van der Waals surface area contributed by atoms with E-state index in [9.17, 15) is 0 Å². The van der Waals surface area contributed by atoms with Gasteiger partial charge in [-0.05, 0) is 110 Å². The molecular formula is C58H62N8O2+4. The summed E-state index contributed by atoms with van der Waals surface area (Å²) >= 11 is 0. The number of imidazole rings is 4. The Labute approximate surface area is 399 Å². The molecule has 0 atom stereocenters. The van der Waals surface area contributed by atoms with Gasteiger partial charge in [-0.15, -0.1) is 0 Å². The molecule has 0 radical (unpaired) electrons. The molecule has 2 aliphatic heterocycles. The predicted molar refractivity (Wildman–Crippen MR) is 263 cm³/mol. The van der Waals surface area contributed by atoms with Gasteiger partial charge >= 0.3 is 0 Å². The van der Waals surface area contributed by atoms with Gasteiger partial charge < -0.3 is 9.47 Å². The molecule has 342 valence electrons. The number of benzene rings is 5. The lowest BCUT2D eigenvalue weighted by atomic mass is 9.63. The number of hydrogen-bond acceptors (Lipinski definition) is 2. The third kappa shape index (κ3) is 6.66. The molecule has 0 amide bonds. The van der Waals surface area contributed by atoms with Crippen LogP contribution in [0.25, 0.3) is 22.7 Å². The van der Waals surface area contributed by atoms with Crippen LogP contribution in [0.3, 0.4) is 0 Å². The Bertz CT molecular complexity index is 3120. The molecule has 0 saturated carbocycles. The van der Waals surface area contributed by atoms with Crippen LogP contribution < -0.4 is 27.7 Å². The highest BCUT2D eigenvalue weighted by Crippen LogP contribution is 2.59. The minimum Gasteiger partial charge on any atom is -0.448 e. The summed E-state index contributed by atoms with van der Waals surface area (Å²) < 4.78 is 31.9. The van der Waals surface area contributed by atoms with Crippen molar-refractivity contribution in [1.29, 1.82) is 0 Å². The zero-order chi connectivity index (χ0) is 47.8. The molecule has 6 heterocycles. The summed E-state index contributed by atoms with van der Waals surface area (Å²) in [6.07, 6.45) is 25.2. The van der Waals surface area contributed by atoms with Crippen LogP contribution in [0.5, 0.6) is 23.0 Å². The van der Waals surface area contributed by atoms with Crippen LogP contribution in [0.15, 0.2) is 142 Å². The number of aryl methyl sites for hydroxylation is 8. The average molecular weight is 903 g/mol. The van der Waals surface area contributed by atoms with Crippen molar-refractivity contribution in [3.63, 3.8) is 0 Å². The molecule has 2 aliphatic rings. The van der Waals surface area contributed by atoms with Crippen molar-refractivity contribution in [1.82, 2.24) is 18.3 Å². The van der Waals surface area contributed by atoms with Gasteiger partial charge in [0.05, 0.1) is 39.0 Å². The number of hydrogen-bond donors (Lipinski definition) is 0. The Kier molecular flexibility index (Phi) is 9.53. The highest BCUT2D eigenvalue weighted by molar-refractivity contribution is 5.76. The molecule has 0 spiro atoms. The average Bonchev–Trinajstić information content (AvgIpc) is 4.13. The smallest absolute Gasteiger partial charge is 0.248 e.